The molecule has 0 amide bonds. The average Bonchev–Trinajstić information content (AvgIpc) is 2.93. The first-order valence-corrected chi connectivity index (χ1v) is 12.2. The van der Waals surface area contributed by atoms with Crippen molar-refractivity contribution in [2.45, 2.75) is 26.8 Å². The summed E-state index contributed by atoms with van der Waals surface area (Å²) in [7, 11) is 0. The van der Waals surface area contributed by atoms with Crippen LogP contribution in [0, 0.1) is 36.5 Å². The standard InChI is InChI=1S/C30H28N8/c1-21-16-24(6-5-13-31)17-22(2)29(21)37-28-18-27(20-33-15-12-25-7-3-4-14-34-25)36-30(38-28)35-26-10-8-23(19-32)9-11-26/h3-11,14,16-18,33H,12,15,20H2,1-2H3,(H2,35,36,37,38)/b6-5+. The van der Waals surface area contributed by atoms with Crippen LogP contribution < -0.4 is 16.0 Å². The second-order valence-corrected chi connectivity index (χ2v) is 8.75. The van der Waals surface area contributed by atoms with Gasteiger partial charge in [0.1, 0.15) is 5.82 Å². The normalized spacial score (nSPS) is 10.6. The predicted molar refractivity (Wildman–Crippen MR) is 150 cm³/mol. The molecule has 0 bridgehead atoms. The van der Waals surface area contributed by atoms with E-state index in [-0.39, 0.29) is 0 Å². The summed E-state index contributed by atoms with van der Waals surface area (Å²) in [6.07, 6.45) is 5.89. The van der Waals surface area contributed by atoms with Crippen LogP contribution in [-0.4, -0.2) is 21.5 Å². The zero-order chi connectivity index (χ0) is 26.7. The number of rotatable bonds is 10. The van der Waals surface area contributed by atoms with Gasteiger partial charge in [0.2, 0.25) is 5.95 Å². The minimum atomic E-state index is 0.449. The molecule has 4 rings (SSSR count). The Morgan fingerprint density at radius 1 is 0.895 bits per heavy atom. The Bertz CT molecular complexity index is 1470. The van der Waals surface area contributed by atoms with Crippen LogP contribution >= 0.6 is 0 Å². The Kier molecular flexibility index (Phi) is 8.75. The number of benzene rings is 2. The third-order valence-corrected chi connectivity index (χ3v) is 5.80. The molecular weight excluding hydrogens is 472 g/mol. The average molecular weight is 501 g/mol. The van der Waals surface area contributed by atoms with Gasteiger partial charge in [-0.3, -0.25) is 4.98 Å². The molecule has 38 heavy (non-hydrogen) atoms. The molecule has 0 radical (unpaired) electrons. The smallest absolute Gasteiger partial charge is 0.229 e. The molecule has 0 aliphatic heterocycles. The molecule has 2 aromatic carbocycles. The second kappa shape index (κ2) is 12.8. The number of nitrogens with one attached hydrogen (secondary N) is 3. The van der Waals surface area contributed by atoms with Crippen LogP contribution in [0.3, 0.4) is 0 Å². The summed E-state index contributed by atoms with van der Waals surface area (Å²) in [5, 5.41) is 28.1. The first-order valence-electron chi connectivity index (χ1n) is 12.2. The van der Waals surface area contributed by atoms with Crippen molar-refractivity contribution in [1.82, 2.24) is 20.3 Å². The van der Waals surface area contributed by atoms with Gasteiger partial charge in [0.15, 0.2) is 0 Å². The van der Waals surface area contributed by atoms with E-state index in [0.717, 1.165) is 52.4 Å². The van der Waals surface area contributed by atoms with Crippen molar-refractivity contribution < 1.29 is 0 Å². The Morgan fingerprint density at radius 3 is 2.37 bits per heavy atom. The van der Waals surface area contributed by atoms with Gasteiger partial charge in [0, 0.05) is 54.9 Å². The van der Waals surface area contributed by atoms with E-state index in [4.69, 9.17) is 20.5 Å². The van der Waals surface area contributed by atoms with Crippen LogP contribution in [0.25, 0.3) is 6.08 Å². The molecule has 0 aliphatic carbocycles. The van der Waals surface area contributed by atoms with E-state index in [0.29, 0.717) is 23.9 Å². The topological polar surface area (TPSA) is 122 Å². The maximum Gasteiger partial charge on any atom is 0.229 e. The number of aromatic nitrogens is 3. The number of anilines is 4. The first kappa shape index (κ1) is 26.0. The maximum atomic E-state index is 9.08. The lowest BCUT2D eigenvalue weighted by Crippen LogP contribution is -2.18. The second-order valence-electron chi connectivity index (χ2n) is 8.75. The summed E-state index contributed by atoms with van der Waals surface area (Å²) in [5.41, 5.74) is 7.23. The molecular formula is C30H28N8. The zero-order valence-electron chi connectivity index (χ0n) is 21.4. The number of pyridine rings is 1. The number of nitrogens with zero attached hydrogens (tertiary/aromatic N) is 5. The zero-order valence-corrected chi connectivity index (χ0v) is 21.4. The van der Waals surface area contributed by atoms with Crippen LogP contribution in [0.15, 0.2) is 72.9 Å². The number of hydrogen-bond acceptors (Lipinski definition) is 8. The fraction of sp³-hybridized carbons (Fsp3) is 0.167. The van der Waals surface area contributed by atoms with Crippen molar-refractivity contribution in [2.75, 3.05) is 17.2 Å². The van der Waals surface area contributed by atoms with Gasteiger partial charge < -0.3 is 16.0 Å². The van der Waals surface area contributed by atoms with E-state index in [9.17, 15) is 0 Å². The predicted octanol–water partition coefficient (Wildman–Crippen LogP) is 5.72. The van der Waals surface area contributed by atoms with Crippen molar-refractivity contribution in [3.8, 4) is 12.1 Å². The SMILES string of the molecule is Cc1cc(/C=C/C#N)cc(C)c1Nc1cc(CNCCc2ccccn2)nc(Nc2ccc(C#N)cc2)n1. The first-order chi connectivity index (χ1) is 18.5. The Hall–Kier alpha value is -5.05. The fourth-order valence-electron chi connectivity index (χ4n) is 4.00. The highest BCUT2D eigenvalue weighted by molar-refractivity contribution is 5.69. The molecule has 2 aromatic heterocycles. The van der Waals surface area contributed by atoms with E-state index in [1.807, 2.05) is 68.4 Å². The van der Waals surface area contributed by atoms with Gasteiger partial charge in [-0.2, -0.15) is 15.5 Å². The Balaban J connectivity index is 1.56. The van der Waals surface area contributed by atoms with Crippen LogP contribution in [0.2, 0.25) is 0 Å². The Morgan fingerprint density at radius 2 is 1.68 bits per heavy atom. The highest BCUT2D eigenvalue weighted by Gasteiger charge is 2.10. The van der Waals surface area contributed by atoms with Gasteiger partial charge in [0.25, 0.3) is 0 Å². The molecule has 2 heterocycles. The van der Waals surface area contributed by atoms with Crippen molar-refractivity contribution in [1.29, 1.82) is 10.5 Å². The third-order valence-electron chi connectivity index (χ3n) is 5.80. The number of nitriles is 2. The summed E-state index contributed by atoms with van der Waals surface area (Å²) in [6, 6.07) is 23.2. The number of aryl methyl sites for hydroxylation is 2. The Labute approximate surface area is 222 Å². The van der Waals surface area contributed by atoms with Crippen molar-refractivity contribution >= 4 is 29.2 Å². The third kappa shape index (κ3) is 7.23. The molecule has 0 unspecified atom stereocenters. The van der Waals surface area contributed by atoms with Crippen molar-refractivity contribution in [3.63, 3.8) is 0 Å². The summed E-state index contributed by atoms with van der Waals surface area (Å²) in [4.78, 5) is 13.8. The number of hydrogen-bond donors (Lipinski definition) is 3. The van der Waals surface area contributed by atoms with Gasteiger partial charge in [-0.25, -0.2) is 4.98 Å². The van der Waals surface area contributed by atoms with Gasteiger partial charge in [0.05, 0.1) is 23.4 Å². The minimum absolute atomic E-state index is 0.449. The highest BCUT2D eigenvalue weighted by Crippen LogP contribution is 2.27. The van der Waals surface area contributed by atoms with Crippen LogP contribution in [0.4, 0.5) is 23.1 Å². The molecule has 0 aliphatic rings. The monoisotopic (exact) mass is 500 g/mol. The lowest BCUT2D eigenvalue weighted by atomic mass is 10.0. The molecule has 8 nitrogen and oxygen atoms in total. The van der Waals surface area contributed by atoms with Gasteiger partial charge in [-0.05, 0) is 85.1 Å². The van der Waals surface area contributed by atoms with E-state index in [2.05, 4.69) is 27.0 Å². The lowest BCUT2D eigenvalue weighted by Gasteiger charge is -2.16. The summed E-state index contributed by atoms with van der Waals surface area (Å²) in [6.45, 7) is 5.37. The van der Waals surface area contributed by atoms with Gasteiger partial charge in [-0.15, -0.1) is 0 Å². The summed E-state index contributed by atoms with van der Waals surface area (Å²) < 4.78 is 0. The van der Waals surface area contributed by atoms with Crippen LogP contribution in [-0.2, 0) is 13.0 Å². The van der Waals surface area contributed by atoms with E-state index in [1.54, 1.807) is 24.4 Å². The molecule has 0 atom stereocenters. The van der Waals surface area contributed by atoms with Gasteiger partial charge in [-0.1, -0.05) is 6.07 Å². The number of allylic oxidation sites excluding steroid dienone is 1. The summed E-state index contributed by atoms with van der Waals surface area (Å²) >= 11 is 0. The highest BCUT2D eigenvalue weighted by atomic mass is 15.2. The molecule has 3 N–H and O–H groups in total. The molecule has 0 fully saturated rings. The molecule has 4 aromatic rings. The van der Waals surface area contributed by atoms with Gasteiger partial charge >= 0.3 is 0 Å². The lowest BCUT2D eigenvalue weighted by molar-refractivity contribution is 0.668. The van der Waals surface area contributed by atoms with Crippen LogP contribution in [0.1, 0.15) is 33.6 Å². The molecule has 8 heteroatoms. The van der Waals surface area contributed by atoms with E-state index in [1.165, 1.54) is 6.08 Å². The fourth-order valence-corrected chi connectivity index (χ4v) is 4.00. The molecule has 0 saturated carbocycles. The largest absolute Gasteiger partial charge is 0.340 e. The van der Waals surface area contributed by atoms with E-state index >= 15 is 0 Å². The van der Waals surface area contributed by atoms with Crippen molar-refractivity contribution in [2.24, 2.45) is 0 Å². The van der Waals surface area contributed by atoms with E-state index < -0.39 is 0 Å². The quantitative estimate of drug-likeness (QED) is 0.187. The van der Waals surface area contributed by atoms with Crippen LogP contribution in [0.5, 0.6) is 0 Å². The molecule has 0 saturated heterocycles. The van der Waals surface area contributed by atoms with Crippen molar-refractivity contribution in [3.05, 3.63) is 107 Å². The summed E-state index contributed by atoms with van der Waals surface area (Å²) in [5.74, 6) is 1.11. The maximum absolute atomic E-state index is 9.08. The molecule has 0 spiro atoms. The minimum Gasteiger partial charge on any atom is -0.340 e. The molecule has 188 valence electrons.